The van der Waals surface area contributed by atoms with Crippen LogP contribution in [-0.2, 0) is 9.53 Å². The monoisotopic (exact) mass is 302 g/mol. The van der Waals surface area contributed by atoms with Crippen LogP contribution in [0.15, 0.2) is 0 Å². The van der Waals surface area contributed by atoms with Crippen molar-refractivity contribution in [3.8, 4) is 0 Å². The van der Waals surface area contributed by atoms with Gasteiger partial charge in [0.05, 0.1) is 17.6 Å². The minimum Gasteiger partial charge on any atom is -0.392 e. The van der Waals surface area contributed by atoms with Gasteiger partial charge in [0.25, 0.3) is 0 Å². The maximum absolute atomic E-state index is 11.8. The highest BCUT2D eigenvalue weighted by Gasteiger charge is 2.23. The van der Waals surface area contributed by atoms with Crippen molar-refractivity contribution >= 4 is 23.1 Å². The zero-order chi connectivity index (χ0) is 15.0. The number of nitrogens with one attached hydrogen (secondary N) is 1. The molecule has 0 saturated carbocycles. The van der Waals surface area contributed by atoms with Gasteiger partial charge in [-0.1, -0.05) is 12.2 Å². The molecular weight excluding hydrogens is 276 g/mol. The van der Waals surface area contributed by atoms with Crippen LogP contribution in [0, 0.1) is 0 Å². The molecular formula is C13H26N4O2S. The van der Waals surface area contributed by atoms with Crippen molar-refractivity contribution in [3.63, 3.8) is 0 Å². The molecule has 3 N–H and O–H groups in total. The number of carbonyl (C=O) groups is 1. The van der Waals surface area contributed by atoms with E-state index < -0.39 is 0 Å². The fourth-order valence-electron chi connectivity index (χ4n) is 2.19. The number of nitrogens with zero attached hydrogens (tertiary/aromatic N) is 2. The maximum Gasteiger partial charge on any atom is 0.234 e. The Morgan fingerprint density at radius 2 is 2.05 bits per heavy atom. The first-order chi connectivity index (χ1) is 9.54. The molecule has 20 heavy (non-hydrogen) atoms. The molecule has 0 aliphatic carbocycles. The van der Waals surface area contributed by atoms with E-state index in [1.807, 2.05) is 6.92 Å². The van der Waals surface area contributed by atoms with Gasteiger partial charge in [0.2, 0.25) is 5.91 Å². The topological polar surface area (TPSA) is 70.8 Å². The molecule has 1 unspecified atom stereocenters. The Morgan fingerprint density at radius 3 is 2.60 bits per heavy atom. The number of nitrogens with two attached hydrogens (primary N) is 1. The molecule has 0 bridgehead atoms. The molecule has 1 atom stereocenters. The summed E-state index contributed by atoms with van der Waals surface area (Å²) in [6.45, 7) is 7.38. The molecule has 116 valence electrons. The van der Waals surface area contributed by atoms with Gasteiger partial charge in [0.1, 0.15) is 0 Å². The van der Waals surface area contributed by atoms with Gasteiger partial charge in [0, 0.05) is 46.4 Å². The van der Waals surface area contributed by atoms with E-state index in [4.69, 9.17) is 22.7 Å². The lowest BCUT2D eigenvalue weighted by atomic mass is 10.2. The molecule has 1 aliphatic rings. The van der Waals surface area contributed by atoms with Crippen molar-refractivity contribution < 1.29 is 9.53 Å². The van der Waals surface area contributed by atoms with Crippen LogP contribution >= 0.6 is 12.2 Å². The summed E-state index contributed by atoms with van der Waals surface area (Å²) in [5, 5.41) is 2.90. The second kappa shape index (κ2) is 9.23. The molecule has 1 fully saturated rings. The van der Waals surface area contributed by atoms with Gasteiger partial charge < -0.3 is 15.8 Å². The van der Waals surface area contributed by atoms with Crippen LogP contribution < -0.4 is 11.1 Å². The third-order valence-corrected chi connectivity index (χ3v) is 3.92. The Balaban J connectivity index is 2.18. The molecule has 0 aromatic rings. The van der Waals surface area contributed by atoms with Crippen LogP contribution in [0.4, 0.5) is 0 Å². The lowest BCUT2D eigenvalue weighted by Gasteiger charge is -2.37. The summed E-state index contributed by atoms with van der Waals surface area (Å²) in [5.74, 6) is 0.0805. The molecule has 1 heterocycles. The van der Waals surface area contributed by atoms with Gasteiger partial charge in [-0.15, -0.1) is 0 Å². The van der Waals surface area contributed by atoms with Crippen LogP contribution in [0.1, 0.15) is 13.3 Å². The maximum atomic E-state index is 11.8. The second-order valence-corrected chi connectivity index (χ2v) is 5.56. The molecule has 0 aromatic carbocycles. The number of rotatable bonds is 8. The van der Waals surface area contributed by atoms with Gasteiger partial charge in [-0.25, -0.2) is 0 Å². The smallest absolute Gasteiger partial charge is 0.234 e. The molecule has 0 spiro atoms. The number of amides is 1. The van der Waals surface area contributed by atoms with Crippen LogP contribution in [-0.4, -0.2) is 79.7 Å². The standard InChI is InChI=1S/C13H26N4O2S/c1-11(13(14)20)17-7-5-16(6-8-17)10-12(18)15-4-3-9-19-2/h11H,3-10H2,1-2H3,(H2,14,20)(H,15,18). The highest BCUT2D eigenvalue weighted by Crippen LogP contribution is 2.06. The first kappa shape index (κ1) is 17.3. The number of methoxy groups -OCH3 is 1. The van der Waals surface area contributed by atoms with Gasteiger partial charge >= 0.3 is 0 Å². The Labute approximate surface area is 126 Å². The summed E-state index contributed by atoms with van der Waals surface area (Å²) in [6, 6.07) is 0.134. The highest BCUT2D eigenvalue weighted by molar-refractivity contribution is 7.80. The van der Waals surface area contributed by atoms with Gasteiger partial charge in [0.15, 0.2) is 0 Å². The number of carbonyl (C=O) groups excluding carboxylic acids is 1. The van der Waals surface area contributed by atoms with Gasteiger partial charge in [-0.2, -0.15) is 0 Å². The van der Waals surface area contributed by atoms with Crippen molar-refractivity contribution in [1.29, 1.82) is 0 Å². The van der Waals surface area contributed by atoms with E-state index in [0.29, 0.717) is 24.7 Å². The summed E-state index contributed by atoms with van der Waals surface area (Å²) in [7, 11) is 1.66. The Kier molecular flexibility index (Phi) is 7.98. The minimum absolute atomic E-state index is 0.0805. The van der Waals surface area contributed by atoms with Crippen molar-refractivity contribution in [1.82, 2.24) is 15.1 Å². The highest BCUT2D eigenvalue weighted by atomic mass is 32.1. The molecule has 0 aromatic heterocycles. The quantitative estimate of drug-likeness (QED) is 0.462. The zero-order valence-electron chi connectivity index (χ0n) is 12.4. The predicted molar refractivity (Wildman–Crippen MR) is 83.8 cm³/mol. The SMILES string of the molecule is COCCCNC(=O)CN1CCN(C(C)C(N)=S)CC1. The average Bonchev–Trinajstić information content (AvgIpc) is 2.43. The fraction of sp³-hybridized carbons (Fsp3) is 0.846. The summed E-state index contributed by atoms with van der Waals surface area (Å²) < 4.78 is 4.94. The molecule has 6 nitrogen and oxygen atoms in total. The van der Waals surface area contributed by atoms with E-state index in [9.17, 15) is 4.79 Å². The number of hydrogen-bond donors (Lipinski definition) is 2. The summed E-state index contributed by atoms with van der Waals surface area (Å²) in [4.78, 5) is 16.7. The van der Waals surface area contributed by atoms with Crippen molar-refractivity contribution in [2.75, 3.05) is 53.0 Å². The van der Waals surface area contributed by atoms with Crippen LogP contribution in [0.5, 0.6) is 0 Å². The van der Waals surface area contributed by atoms with E-state index in [1.54, 1.807) is 7.11 Å². The van der Waals surface area contributed by atoms with E-state index in [0.717, 1.165) is 32.6 Å². The third-order valence-electron chi connectivity index (χ3n) is 3.58. The van der Waals surface area contributed by atoms with Crippen LogP contribution in [0.2, 0.25) is 0 Å². The van der Waals surface area contributed by atoms with E-state index in [2.05, 4.69) is 15.1 Å². The normalized spacial score (nSPS) is 18.7. The van der Waals surface area contributed by atoms with Gasteiger partial charge in [-0.05, 0) is 13.3 Å². The first-order valence-corrected chi connectivity index (χ1v) is 7.46. The number of hydrogen-bond acceptors (Lipinski definition) is 5. The Bertz CT molecular complexity index is 319. The molecule has 1 amide bonds. The van der Waals surface area contributed by atoms with Crippen molar-refractivity contribution in [2.45, 2.75) is 19.4 Å². The molecule has 1 saturated heterocycles. The number of thiocarbonyl (C=S) groups is 1. The molecule has 1 aliphatic heterocycles. The fourth-order valence-corrected chi connectivity index (χ4v) is 2.34. The average molecular weight is 302 g/mol. The summed E-state index contributed by atoms with van der Waals surface area (Å²) in [6.07, 6.45) is 0.849. The van der Waals surface area contributed by atoms with Gasteiger partial charge in [-0.3, -0.25) is 14.6 Å². The van der Waals surface area contributed by atoms with Crippen LogP contribution in [0.3, 0.4) is 0 Å². The molecule has 1 rings (SSSR count). The third kappa shape index (κ3) is 6.13. The first-order valence-electron chi connectivity index (χ1n) is 7.06. The lowest BCUT2D eigenvalue weighted by Crippen LogP contribution is -2.54. The lowest BCUT2D eigenvalue weighted by molar-refractivity contribution is -0.122. The van der Waals surface area contributed by atoms with E-state index >= 15 is 0 Å². The largest absolute Gasteiger partial charge is 0.392 e. The van der Waals surface area contributed by atoms with Crippen molar-refractivity contribution in [3.05, 3.63) is 0 Å². The van der Waals surface area contributed by atoms with Crippen LogP contribution in [0.25, 0.3) is 0 Å². The summed E-state index contributed by atoms with van der Waals surface area (Å²) >= 11 is 5.02. The predicted octanol–water partition coefficient (Wildman–Crippen LogP) is -0.569. The molecule has 7 heteroatoms. The van der Waals surface area contributed by atoms with Crippen molar-refractivity contribution in [2.24, 2.45) is 5.73 Å². The number of ether oxygens (including phenoxy) is 1. The number of piperazine rings is 1. The Hall–Kier alpha value is -0.760. The molecule has 0 radical (unpaired) electrons. The summed E-state index contributed by atoms with van der Waals surface area (Å²) in [5.41, 5.74) is 5.66. The zero-order valence-corrected chi connectivity index (χ0v) is 13.2. The van der Waals surface area contributed by atoms with E-state index in [-0.39, 0.29) is 11.9 Å². The second-order valence-electron chi connectivity index (χ2n) is 5.09. The van der Waals surface area contributed by atoms with E-state index in [1.165, 1.54) is 0 Å². The Morgan fingerprint density at radius 1 is 1.40 bits per heavy atom. The minimum atomic E-state index is 0.0805.